The Bertz CT molecular complexity index is 361. The lowest BCUT2D eigenvalue weighted by molar-refractivity contribution is 0.578. The molecule has 1 aromatic rings. The molecular formula is C11H14Cl2N2. The van der Waals surface area contributed by atoms with Gasteiger partial charge in [0, 0.05) is 28.9 Å². The van der Waals surface area contributed by atoms with Gasteiger partial charge in [-0.05, 0) is 37.4 Å². The molecule has 4 heteroatoms. The third-order valence-electron chi connectivity index (χ3n) is 3.52. The molecular weight excluding hydrogens is 231 g/mol. The van der Waals surface area contributed by atoms with Crippen LogP contribution < -0.4 is 5.32 Å². The van der Waals surface area contributed by atoms with Gasteiger partial charge in [-0.2, -0.15) is 0 Å². The molecule has 1 aromatic heterocycles. The second-order valence-electron chi connectivity index (χ2n) is 4.34. The van der Waals surface area contributed by atoms with Crippen molar-refractivity contribution in [2.75, 3.05) is 6.54 Å². The molecule has 1 aliphatic carbocycles. The third-order valence-corrected chi connectivity index (χ3v) is 3.87. The number of pyridine rings is 1. The van der Waals surface area contributed by atoms with Crippen LogP contribution in [0.5, 0.6) is 0 Å². The average Bonchev–Trinajstić information content (AvgIpc) is 2.67. The van der Waals surface area contributed by atoms with Crippen molar-refractivity contribution in [2.45, 2.75) is 30.7 Å². The van der Waals surface area contributed by atoms with Crippen LogP contribution in [-0.4, -0.2) is 17.1 Å². The molecule has 82 valence electrons. The maximum absolute atomic E-state index is 6.15. The highest BCUT2D eigenvalue weighted by Gasteiger charge is 2.56. The quantitative estimate of drug-likeness (QED) is 0.822. The topological polar surface area (TPSA) is 24.9 Å². The van der Waals surface area contributed by atoms with Crippen molar-refractivity contribution in [1.29, 1.82) is 0 Å². The lowest BCUT2D eigenvalue weighted by atomic mass is 10.1. The Morgan fingerprint density at radius 3 is 3.07 bits per heavy atom. The Labute approximate surface area is 101 Å². The van der Waals surface area contributed by atoms with Crippen LogP contribution in [0.25, 0.3) is 0 Å². The summed E-state index contributed by atoms with van der Waals surface area (Å²) in [5.74, 6) is 0.603. The largest absolute Gasteiger partial charge is 0.311 e. The van der Waals surface area contributed by atoms with E-state index in [1.807, 2.05) is 12.3 Å². The fourth-order valence-corrected chi connectivity index (χ4v) is 2.90. The monoisotopic (exact) mass is 244 g/mol. The van der Waals surface area contributed by atoms with Gasteiger partial charge in [-0.1, -0.05) is 11.6 Å². The van der Waals surface area contributed by atoms with Crippen molar-refractivity contribution in [3.8, 4) is 0 Å². The lowest BCUT2D eigenvalue weighted by Gasteiger charge is -2.10. The minimum Gasteiger partial charge on any atom is -0.311 e. The van der Waals surface area contributed by atoms with Gasteiger partial charge in [-0.3, -0.25) is 4.98 Å². The Morgan fingerprint density at radius 2 is 2.40 bits per heavy atom. The van der Waals surface area contributed by atoms with Gasteiger partial charge in [-0.25, -0.2) is 0 Å². The fraction of sp³-hybridized carbons (Fsp3) is 0.545. The summed E-state index contributed by atoms with van der Waals surface area (Å²) in [6.45, 7) is 1.16. The van der Waals surface area contributed by atoms with Gasteiger partial charge in [0.05, 0.1) is 0 Å². The predicted molar refractivity (Wildman–Crippen MR) is 63.8 cm³/mol. The molecule has 2 unspecified atom stereocenters. The van der Waals surface area contributed by atoms with Crippen LogP contribution in [-0.2, 0) is 0 Å². The standard InChI is InChI=1S/C11H13ClN2.ClH/c12-10-2-5-13-7-8(10)9-6-11(9)3-1-4-14-11;/h2,5,7,9,14H,1,3-4,6H2;1H. The van der Waals surface area contributed by atoms with E-state index in [2.05, 4.69) is 10.3 Å². The Kier molecular flexibility index (Phi) is 2.93. The molecule has 1 saturated heterocycles. The summed E-state index contributed by atoms with van der Waals surface area (Å²) in [7, 11) is 0. The number of nitrogens with zero attached hydrogens (tertiary/aromatic N) is 1. The van der Waals surface area contributed by atoms with E-state index in [4.69, 9.17) is 11.6 Å². The second-order valence-corrected chi connectivity index (χ2v) is 4.75. The zero-order chi connectivity index (χ0) is 9.60. The van der Waals surface area contributed by atoms with Crippen LogP contribution in [0.3, 0.4) is 0 Å². The molecule has 2 fully saturated rings. The van der Waals surface area contributed by atoms with E-state index >= 15 is 0 Å². The van der Waals surface area contributed by atoms with E-state index in [1.165, 1.54) is 24.8 Å². The number of halogens is 2. The van der Waals surface area contributed by atoms with Gasteiger partial charge in [0.25, 0.3) is 0 Å². The first-order valence-electron chi connectivity index (χ1n) is 5.16. The molecule has 0 amide bonds. The lowest BCUT2D eigenvalue weighted by Crippen LogP contribution is -2.25. The van der Waals surface area contributed by atoms with E-state index in [0.29, 0.717) is 11.5 Å². The highest BCUT2D eigenvalue weighted by Crippen LogP contribution is 2.57. The summed E-state index contributed by atoms with van der Waals surface area (Å²) in [5.41, 5.74) is 1.61. The summed E-state index contributed by atoms with van der Waals surface area (Å²) in [6.07, 6.45) is 7.50. The number of aromatic nitrogens is 1. The molecule has 0 radical (unpaired) electrons. The molecule has 3 rings (SSSR count). The molecule has 2 heterocycles. The fourth-order valence-electron chi connectivity index (χ4n) is 2.66. The Hall–Kier alpha value is -0.310. The SMILES string of the molecule is Cl.Clc1ccncc1C1CC12CCCN2. The first-order chi connectivity index (χ1) is 6.82. The second kappa shape index (κ2) is 3.93. The van der Waals surface area contributed by atoms with Crippen molar-refractivity contribution in [3.63, 3.8) is 0 Å². The Morgan fingerprint density at radius 1 is 1.53 bits per heavy atom. The highest BCUT2D eigenvalue weighted by molar-refractivity contribution is 6.31. The van der Waals surface area contributed by atoms with Crippen LogP contribution in [0.1, 0.15) is 30.7 Å². The smallest absolute Gasteiger partial charge is 0.0472 e. The normalized spacial score (nSPS) is 32.7. The van der Waals surface area contributed by atoms with Crippen molar-refractivity contribution >= 4 is 24.0 Å². The first kappa shape index (κ1) is 11.2. The maximum Gasteiger partial charge on any atom is 0.0472 e. The summed E-state index contributed by atoms with van der Waals surface area (Å²) < 4.78 is 0. The van der Waals surface area contributed by atoms with Crippen LogP contribution >= 0.6 is 24.0 Å². The number of nitrogens with one attached hydrogen (secondary N) is 1. The zero-order valence-electron chi connectivity index (χ0n) is 8.37. The molecule has 2 nitrogen and oxygen atoms in total. The molecule has 2 aliphatic rings. The molecule has 1 spiro atoms. The average molecular weight is 245 g/mol. The van der Waals surface area contributed by atoms with Crippen LogP contribution in [0.15, 0.2) is 18.5 Å². The highest BCUT2D eigenvalue weighted by atomic mass is 35.5. The molecule has 1 aliphatic heterocycles. The van der Waals surface area contributed by atoms with E-state index in [1.54, 1.807) is 6.20 Å². The Balaban J connectivity index is 0.000000853. The van der Waals surface area contributed by atoms with Gasteiger partial charge < -0.3 is 5.32 Å². The van der Waals surface area contributed by atoms with Crippen molar-refractivity contribution in [3.05, 3.63) is 29.0 Å². The van der Waals surface area contributed by atoms with Gasteiger partial charge in [0.2, 0.25) is 0 Å². The number of rotatable bonds is 1. The van der Waals surface area contributed by atoms with E-state index in [9.17, 15) is 0 Å². The van der Waals surface area contributed by atoms with Crippen LogP contribution in [0.2, 0.25) is 5.02 Å². The van der Waals surface area contributed by atoms with Gasteiger partial charge in [0.15, 0.2) is 0 Å². The summed E-state index contributed by atoms with van der Waals surface area (Å²) in [6, 6.07) is 1.89. The van der Waals surface area contributed by atoms with Crippen LogP contribution in [0, 0.1) is 0 Å². The number of hydrogen-bond acceptors (Lipinski definition) is 2. The third kappa shape index (κ3) is 1.75. The van der Waals surface area contributed by atoms with Gasteiger partial charge >= 0.3 is 0 Å². The molecule has 1 saturated carbocycles. The molecule has 0 aromatic carbocycles. The van der Waals surface area contributed by atoms with Crippen molar-refractivity contribution in [1.82, 2.24) is 10.3 Å². The van der Waals surface area contributed by atoms with E-state index in [0.717, 1.165) is 11.6 Å². The van der Waals surface area contributed by atoms with Gasteiger partial charge in [0.1, 0.15) is 0 Å². The van der Waals surface area contributed by atoms with Crippen molar-refractivity contribution in [2.24, 2.45) is 0 Å². The molecule has 0 bridgehead atoms. The predicted octanol–water partition coefficient (Wildman–Crippen LogP) is 2.77. The summed E-state index contributed by atoms with van der Waals surface area (Å²) >= 11 is 6.15. The molecule has 1 N–H and O–H groups in total. The summed E-state index contributed by atoms with van der Waals surface area (Å²) in [5, 5.41) is 4.47. The summed E-state index contributed by atoms with van der Waals surface area (Å²) in [4.78, 5) is 4.15. The molecule has 15 heavy (non-hydrogen) atoms. The minimum absolute atomic E-state index is 0. The number of hydrogen-bond donors (Lipinski definition) is 1. The maximum atomic E-state index is 6.15. The first-order valence-corrected chi connectivity index (χ1v) is 5.54. The zero-order valence-corrected chi connectivity index (χ0v) is 9.94. The van der Waals surface area contributed by atoms with Gasteiger partial charge in [-0.15, -0.1) is 12.4 Å². The van der Waals surface area contributed by atoms with Crippen molar-refractivity contribution < 1.29 is 0 Å². The van der Waals surface area contributed by atoms with Crippen LogP contribution in [0.4, 0.5) is 0 Å². The van der Waals surface area contributed by atoms with E-state index < -0.39 is 0 Å². The van der Waals surface area contributed by atoms with E-state index in [-0.39, 0.29) is 12.4 Å². The minimum atomic E-state index is 0. The molecule has 2 atom stereocenters.